The van der Waals surface area contributed by atoms with Gasteiger partial charge in [-0.2, -0.15) is 10.2 Å². The summed E-state index contributed by atoms with van der Waals surface area (Å²) in [4.78, 5) is 0. The van der Waals surface area contributed by atoms with E-state index >= 15 is 0 Å². The van der Waals surface area contributed by atoms with E-state index in [0.29, 0.717) is 5.69 Å². The highest BCUT2D eigenvalue weighted by Crippen LogP contribution is 2.21. The fraction of sp³-hybridized carbons (Fsp3) is 0.100. The summed E-state index contributed by atoms with van der Waals surface area (Å²) in [5.74, 6) is -0.295. The minimum atomic E-state index is -0.295. The first-order chi connectivity index (χ1) is 12.1. The van der Waals surface area contributed by atoms with Crippen LogP contribution in [0.5, 0.6) is 0 Å². The summed E-state index contributed by atoms with van der Waals surface area (Å²) in [7, 11) is 0. The number of benzene rings is 3. The van der Waals surface area contributed by atoms with Gasteiger partial charge in [0.05, 0.1) is 22.7 Å². The lowest BCUT2D eigenvalue weighted by atomic mass is 10.2. The lowest BCUT2D eigenvalue weighted by Crippen LogP contribution is -2.09. The maximum absolute atomic E-state index is 13.8. The molecule has 0 radical (unpaired) electrons. The number of hydrogen-bond donors (Lipinski definition) is 2. The van der Waals surface area contributed by atoms with Crippen LogP contribution in [0.3, 0.4) is 0 Å². The minimum absolute atomic E-state index is 0.295. The molecule has 0 heterocycles. The van der Waals surface area contributed by atoms with Crippen molar-refractivity contribution in [3.05, 3.63) is 83.7 Å². The third-order valence-corrected chi connectivity index (χ3v) is 3.65. The van der Waals surface area contributed by atoms with Crippen molar-refractivity contribution < 1.29 is 4.39 Å². The smallest absolute Gasteiger partial charge is 0.148 e. The summed E-state index contributed by atoms with van der Waals surface area (Å²) in [6.07, 6.45) is 0. The van der Waals surface area contributed by atoms with Gasteiger partial charge >= 0.3 is 0 Å². The standard InChI is InChI=1S/C20H19FN4/c1-14-3-6-16(7-4-14)22-23-17-8-10-18(11-9-17)24-25-20-12-5-15(2)13-19(20)21/h3-13,24-25H,1-2H3/b23-22-. The third-order valence-electron chi connectivity index (χ3n) is 3.65. The Morgan fingerprint density at radius 3 is 1.84 bits per heavy atom. The molecule has 3 aromatic carbocycles. The van der Waals surface area contributed by atoms with Gasteiger partial charge in [-0.1, -0.05) is 23.8 Å². The Hall–Kier alpha value is -3.21. The van der Waals surface area contributed by atoms with E-state index in [0.717, 1.165) is 22.6 Å². The molecule has 4 nitrogen and oxygen atoms in total. The van der Waals surface area contributed by atoms with E-state index in [1.165, 1.54) is 11.6 Å². The molecule has 0 fully saturated rings. The molecule has 0 unspecified atom stereocenters. The second-order valence-corrected chi connectivity index (χ2v) is 5.82. The normalized spacial score (nSPS) is 10.8. The molecule has 0 aliphatic carbocycles. The first kappa shape index (κ1) is 16.6. The van der Waals surface area contributed by atoms with Gasteiger partial charge in [-0.05, 0) is 67.9 Å². The second-order valence-electron chi connectivity index (χ2n) is 5.82. The summed E-state index contributed by atoms with van der Waals surface area (Å²) in [5.41, 5.74) is 10.6. The molecule has 0 aromatic heterocycles. The van der Waals surface area contributed by atoms with Gasteiger partial charge in [0.25, 0.3) is 0 Å². The van der Waals surface area contributed by atoms with Crippen LogP contribution in [-0.4, -0.2) is 0 Å². The van der Waals surface area contributed by atoms with E-state index in [-0.39, 0.29) is 5.82 Å². The van der Waals surface area contributed by atoms with Gasteiger partial charge in [0.1, 0.15) is 5.82 Å². The third kappa shape index (κ3) is 4.64. The molecule has 0 atom stereocenters. The lowest BCUT2D eigenvalue weighted by Gasteiger charge is -2.11. The summed E-state index contributed by atoms with van der Waals surface area (Å²) >= 11 is 0. The fourth-order valence-corrected chi connectivity index (χ4v) is 2.20. The first-order valence-electron chi connectivity index (χ1n) is 7.97. The zero-order valence-electron chi connectivity index (χ0n) is 14.1. The summed E-state index contributed by atoms with van der Waals surface area (Å²) in [6.45, 7) is 3.88. The summed E-state index contributed by atoms with van der Waals surface area (Å²) in [6, 6.07) is 20.3. The quantitative estimate of drug-likeness (QED) is 0.425. The number of nitrogens with zero attached hydrogens (tertiary/aromatic N) is 2. The van der Waals surface area contributed by atoms with Crippen molar-refractivity contribution >= 4 is 22.7 Å². The Bertz CT molecular complexity index is 871. The van der Waals surface area contributed by atoms with Crippen LogP contribution in [0, 0.1) is 19.7 Å². The monoisotopic (exact) mass is 334 g/mol. The number of halogens is 1. The highest BCUT2D eigenvalue weighted by Gasteiger charge is 2.01. The average molecular weight is 334 g/mol. The van der Waals surface area contributed by atoms with Crippen molar-refractivity contribution in [2.45, 2.75) is 13.8 Å². The average Bonchev–Trinajstić information content (AvgIpc) is 2.61. The number of aryl methyl sites for hydroxylation is 2. The predicted octanol–water partition coefficient (Wildman–Crippen LogP) is 6.30. The number of hydrogen-bond acceptors (Lipinski definition) is 4. The Balaban J connectivity index is 1.61. The van der Waals surface area contributed by atoms with Crippen molar-refractivity contribution in [1.82, 2.24) is 0 Å². The fourth-order valence-electron chi connectivity index (χ4n) is 2.20. The van der Waals surface area contributed by atoms with E-state index in [1.807, 2.05) is 68.4 Å². The lowest BCUT2D eigenvalue weighted by molar-refractivity contribution is 0.630. The molecule has 3 aromatic rings. The minimum Gasteiger partial charge on any atom is -0.301 e. The number of azo groups is 1. The zero-order valence-corrected chi connectivity index (χ0v) is 14.1. The van der Waals surface area contributed by atoms with Gasteiger partial charge < -0.3 is 5.43 Å². The second kappa shape index (κ2) is 7.57. The van der Waals surface area contributed by atoms with Crippen molar-refractivity contribution in [2.24, 2.45) is 10.2 Å². The Morgan fingerprint density at radius 1 is 0.680 bits per heavy atom. The van der Waals surface area contributed by atoms with E-state index in [2.05, 4.69) is 21.1 Å². The van der Waals surface area contributed by atoms with Crippen LogP contribution in [0.2, 0.25) is 0 Å². The van der Waals surface area contributed by atoms with Crippen LogP contribution in [0.25, 0.3) is 0 Å². The van der Waals surface area contributed by atoms with Crippen LogP contribution in [0.1, 0.15) is 11.1 Å². The van der Waals surface area contributed by atoms with Gasteiger partial charge in [0.2, 0.25) is 0 Å². The van der Waals surface area contributed by atoms with Gasteiger partial charge in [-0.3, -0.25) is 5.43 Å². The number of nitrogens with one attached hydrogen (secondary N) is 2. The van der Waals surface area contributed by atoms with Crippen LogP contribution in [0.15, 0.2) is 77.0 Å². The van der Waals surface area contributed by atoms with Crippen molar-refractivity contribution in [2.75, 3.05) is 10.9 Å². The first-order valence-corrected chi connectivity index (χ1v) is 7.97. The SMILES string of the molecule is Cc1ccc(/N=N\c2ccc(NNc3ccc(C)cc3F)cc2)cc1. The molecule has 3 rings (SSSR count). The van der Waals surface area contributed by atoms with Crippen LogP contribution >= 0.6 is 0 Å². The van der Waals surface area contributed by atoms with Crippen LogP contribution in [0.4, 0.5) is 27.1 Å². The highest BCUT2D eigenvalue weighted by molar-refractivity contribution is 5.56. The largest absolute Gasteiger partial charge is 0.301 e. The summed E-state index contributed by atoms with van der Waals surface area (Å²) < 4.78 is 13.8. The van der Waals surface area contributed by atoms with E-state index in [4.69, 9.17) is 0 Å². The number of hydrazine groups is 1. The van der Waals surface area contributed by atoms with E-state index < -0.39 is 0 Å². The molecule has 0 amide bonds. The molecule has 2 N–H and O–H groups in total. The Morgan fingerprint density at radius 2 is 1.24 bits per heavy atom. The van der Waals surface area contributed by atoms with Crippen molar-refractivity contribution in [1.29, 1.82) is 0 Å². The van der Waals surface area contributed by atoms with Gasteiger partial charge in [0, 0.05) is 0 Å². The van der Waals surface area contributed by atoms with Crippen LogP contribution in [-0.2, 0) is 0 Å². The molecule has 0 spiro atoms. The van der Waals surface area contributed by atoms with E-state index in [1.54, 1.807) is 6.07 Å². The molecular weight excluding hydrogens is 315 g/mol. The number of rotatable bonds is 5. The number of anilines is 2. The van der Waals surface area contributed by atoms with Crippen molar-refractivity contribution in [3.63, 3.8) is 0 Å². The molecule has 126 valence electrons. The summed E-state index contributed by atoms with van der Waals surface area (Å²) in [5, 5.41) is 8.41. The Labute approximate surface area is 146 Å². The Kier molecular flexibility index (Phi) is 5.04. The van der Waals surface area contributed by atoms with Gasteiger partial charge in [-0.25, -0.2) is 4.39 Å². The molecular formula is C20H19FN4. The van der Waals surface area contributed by atoms with Gasteiger partial charge in [-0.15, -0.1) is 0 Å². The molecule has 0 saturated carbocycles. The maximum Gasteiger partial charge on any atom is 0.148 e. The topological polar surface area (TPSA) is 48.8 Å². The predicted molar refractivity (Wildman–Crippen MR) is 100 cm³/mol. The molecule has 0 aliphatic heterocycles. The zero-order chi connectivity index (χ0) is 17.6. The van der Waals surface area contributed by atoms with Crippen LogP contribution < -0.4 is 10.9 Å². The van der Waals surface area contributed by atoms with Gasteiger partial charge in [0.15, 0.2) is 0 Å². The highest BCUT2D eigenvalue weighted by atomic mass is 19.1. The molecule has 25 heavy (non-hydrogen) atoms. The van der Waals surface area contributed by atoms with Crippen molar-refractivity contribution in [3.8, 4) is 0 Å². The molecule has 5 heteroatoms. The van der Waals surface area contributed by atoms with E-state index in [9.17, 15) is 4.39 Å². The molecule has 0 aliphatic rings. The maximum atomic E-state index is 13.8. The molecule has 0 bridgehead atoms. The molecule has 0 saturated heterocycles.